The molecule has 0 spiro atoms. The Balaban J connectivity index is 2.32. The summed E-state index contributed by atoms with van der Waals surface area (Å²) in [6.45, 7) is 25.0. The van der Waals surface area contributed by atoms with Crippen LogP contribution >= 0.6 is 11.8 Å². The molecule has 0 aliphatic heterocycles. The summed E-state index contributed by atoms with van der Waals surface area (Å²) < 4.78 is 0. The lowest BCUT2D eigenvalue weighted by Crippen LogP contribution is -2.41. The summed E-state index contributed by atoms with van der Waals surface area (Å²) in [4.78, 5) is 0. The van der Waals surface area contributed by atoms with Gasteiger partial charge in [-0.2, -0.15) is 11.8 Å². The van der Waals surface area contributed by atoms with E-state index in [0.29, 0.717) is 10.8 Å². The van der Waals surface area contributed by atoms with Gasteiger partial charge in [-0.3, -0.25) is 0 Å². The maximum Gasteiger partial charge on any atom is 0.00834 e. The first kappa shape index (κ1) is 27.6. The summed E-state index contributed by atoms with van der Waals surface area (Å²) in [5.74, 6) is 5.28. The molecule has 6 unspecified atom stereocenters. The third-order valence-corrected chi connectivity index (χ3v) is 10.4. The highest BCUT2D eigenvalue weighted by molar-refractivity contribution is 8.00. The van der Waals surface area contributed by atoms with E-state index >= 15 is 0 Å². The molecule has 2 rings (SSSR count). The Hall–Kier alpha value is 0.350. The molecule has 0 N–H and O–H groups in total. The fourth-order valence-corrected chi connectivity index (χ4v) is 9.67. The third-order valence-electron chi connectivity index (χ3n) is 8.58. The predicted octanol–water partition coefficient (Wildman–Crippen LogP) is 10.3. The van der Waals surface area contributed by atoms with Crippen LogP contribution in [0.3, 0.4) is 0 Å². The molecule has 0 saturated heterocycles. The van der Waals surface area contributed by atoms with Gasteiger partial charge in [-0.05, 0) is 84.9 Å². The molecule has 1 heteroatoms. The molecule has 2 fully saturated rings. The summed E-state index contributed by atoms with van der Waals surface area (Å²) >= 11 is 2.50. The van der Waals surface area contributed by atoms with E-state index < -0.39 is 0 Å². The Labute approximate surface area is 201 Å². The van der Waals surface area contributed by atoms with Crippen molar-refractivity contribution in [3.63, 3.8) is 0 Å². The van der Waals surface area contributed by atoms with Gasteiger partial charge in [-0.1, -0.05) is 94.9 Å². The second-order valence-electron chi connectivity index (χ2n) is 14.3. The van der Waals surface area contributed by atoms with Crippen LogP contribution in [0.1, 0.15) is 133 Å². The van der Waals surface area contributed by atoms with E-state index in [2.05, 4.69) is 81.0 Å². The van der Waals surface area contributed by atoms with Gasteiger partial charge in [-0.15, -0.1) is 0 Å². The molecule has 2 saturated carbocycles. The van der Waals surface area contributed by atoms with Crippen molar-refractivity contribution in [2.45, 2.75) is 144 Å². The number of hydrogen-bond donors (Lipinski definition) is 0. The molecule has 0 aromatic carbocycles. The van der Waals surface area contributed by atoms with Crippen molar-refractivity contribution < 1.29 is 0 Å². The SMILES string of the molecule is CC(C)CC(SC(CC(C)C)C1CCCCC1C(C)(C)C)C1CCCCC1C(C)(C)C. The zero-order valence-corrected chi connectivity index (χ0v) is 23.9. The van der Waals surface area contributed by atoms with Crippen LogP contribution in [-0.4, -0.2) is 10.5 Å². The molecule has 0 heterocycles. The highest BCUT2D eigenvalue weighted by atomic mass is 32.2. The Morgan fingerprint density at radius 2 is 0.903 bits per heavy atom. The molecule has 2 aliphatic rings. The number of hydrogen-bond acceptors (Lipinski definition) is 1. The lowest BCUT2D eigenvalue weighted by atomic mass is 9.64. The normalized spacial score (nSPS) is 30.6. The van der Waals surface area contributed by atoms with Gasteiger partial charge in [0.2, 0.25) is 0 Å². The molecule has 0 bridgehead atoms. The topological polar surface area (TPSA) is 0 Å². The van der Waals surface area contributed by atoms with E-state index in [-0.39, 0.29) is 0 Å². The van der Waals surface area contributed by atoms with Gasteiger partial charge in [0, 0.05) is 10.5 Å². The fraction of sp³-hybridized carbons (Fsp3) is 1.00. The molecule has 0 radical (unpaired) electrons. The molecule has 6 atom stereocenters. The van der Waals surface area contributed by atoms with Crippen LogP contribution in [0.15, 0.2) is 0 Å². The molecule has 0 nitrogen and oxygen atoms in total. The first-order chi connectivity index (χ1) is 14.3. The second-order valence-corrected chi connectivity index (χ2v) is 15.8. The Morgan fingerprint density at radius 1 is 0.581 bits per heavy atom. The van der Waals surface area contributed by atoms with Crippen molar-refractivity contribution in [2.24, 2.45) is 46.3 Å². The summed E-state index contributed by atoms with van der Waals surface area (Å²) in [7, 11) is 0. The van der Waals surface area contributed by atoms with Crippen molar-refractivity contribution in [1.82, 2.24) is 0 Å². The largest absolute Gasteiger partial charge is 0.155 e. The van der Waals surface area contributed by atoms with E-state index in [1.807, 2.05) is 0 Å². The average molecular weight is 451 g/mol. The van der Waals surface area contributed by atoms with Gasteiger partial charge in [0.25, 0.3) is 0 Å². The van der Waals surface area contributed by atoms with E-state index in [1.165, 1.54) is 64.2 Å². The van der Waals surface area contributed by atoms with E-state index in [4.69, 9.17) is 0 Å². The van der Waals surface area contributed by atoms with Crippen molar-refractivity contribution in [3.8, 4) is 0 Å². The summed E-state index contributed by atoms with van der Waals surface area (Å²) in [5.41, 5.74) is 0.903. The first-order valence-electron chi connectivity index (χ1n) is 14.0. The third kappa shape index (κ3) is 8.26. The van der Waals surface area contributed by atoms with Gasteiger partial charge in [0.1, 0.15) is 0 Å². The van der Waals surface area contributed by atoms with Gasteiger partial charge >= 0.3 is 0 Å². The summed E-state index contributed by atoms with van der Waals surface area (Å²) in [6.07, 6.45) is 14.6. The minimum Gasteiger partial charge on any atom is -0.155 e. The van der Waals surface area contributed by atoms with Gasteiger partial charge in [0.15, 0.2) is 0 Å². The van der Waals surface area contributed by atoms with Crippen molar-refractivity contribution in [1.29, 1.82) is 0 Å². The van der Waals surface area contributed by atoms with Crippen LogP contribution in [0.2, 0.25) is 0 Å². The minimum atomic E-state index is 0.452. The minimum absolute atomic E-state index is 0.452. The molecule has 31 heavy (non-hydrogen) atoms. The highest BCUT2D eigenvalue weighted by Crippen LogP contribution is 2.52. The van der Waals surface area contributed by atoms with Gasteiger partial charge in [0.05, 0.1) is 0 Å². The van der Waals surface area contributed by atoms with Crippen molar-refractivity contribution in [2.75, 3.05) is 0 Å². The lowest BCUT2D eigenvalue weighted by molar-refractivity contribution is 0.0956. The first-order valence-corrected chi connectivity index (χ1v) is 14.9. The van der Waals surface area contributed by atoms with Crippen molar-refractivity contribution in [3.05, 3.63) is 0 Å². The predicted molar refractivity (Wildman–Crippen MR) is 144 cm³/mol. The van der Waals surface area contributed by atoms with Crippen LogP contribution in [0.5, 0.6) is 0 Å². The summed E-state index contributed by atoms with van der Waals surface area (Å²) in [5, 5.41) is 1.71. The second kappa shape index (κ2) is 11.7. The molecular formula is C30H58S. The maximum absolute atomic E-state index is 2.52. The highest BCUT2D eigenvalue weighted by Gasteiger charge is 2.43. The van der Waals surface area contributed by atoms with E-state index in [1.54, 1.807) is 0 Å². The van der Waals surface area contributed by atoms with E-state index in [0.717, 1.165) is 46.0 Å². The Morgan fingerprint density at radius 3 is 1.19 bits per heavy atom. The van der Waals surface area contributed by atoms with Gasteiger partial charge in [-0.25, -0.2) is 0 Å². The standard InChI is InChI=1S/C30H58S/c1-21(2)19-27(23-15-11-13-17-25(23)29(5,6)7)31-28(20-22(3)4)24-16-12-14-18-26(24)30(8,9)10/h21-28H,11-20H2,1-10H3. The molecule has 0 aromatic heterocycles. The summed E-state index contributed by atoms with van der Waals surface area (Å²) in [6, 6.07) is 0. The van der Waals surface area contributed by atoms with E-state index in [9.17, 15) is 0 Å². The average Bonchev–Trinajstić information content (AvgIpc) is 2.65. The number of thioether (sulfide) groups is 1. The Kier molecular flexibility index (Phi) is 10.4. The van der Waals surface area contributed by atoms with Crippen molar-refractivity contribution >= 4 is 11.8 Å². The molecule has 0 amide bonds. The zero-order chi connectivity index (χ0) is 23.4. The fourth-order valence-electron chi connectivity index (χ4n) is 7.18. The monoisotopic (exact) mass is 450 g/mol. The molecule has 0 aromatic rings. The maximum atomic E-state index is 2.52. The quantitative estimate of drug-likeness (QED) is 0.354. The zero-order valence-electron chi connectivity index (χ0n) is 23.1. The Bertz CT molecular complexity index is 459. The lowest BCUT2D eigenvalue weighted by Gasteiger charge is -2.48. The van der Waals surface area contributed by atoms with Crippen LogP contribution in [0.4, 0.5) is 0 Å². The van der Waals surface area contributed by atoms with Crippen LogP contribution < -0.4 is 0 Å². The van der Waals surface area contributed by atoms with Crippen LogP contribution in [-0.2, 0) is 0 Å². The smallest absolute Gasteiger partial charge is 0.00834 e. The van der Waals surface area contributed by atoms with Gasteiger partial charge < -0.3 is 0 Å². The molecular weight excluding hydrogens is 392 g/mol. The molecule has 2 aliphatic carbocycles. The van der Waals surface area contributed by atoms with Crippen LogP contribution in [0.25, 0.3) is 0 Å². The number of rotatable bonds is 8. The molecule has 184 valence electrons. The van der Waals surface area contributed by atoms with Crippen LogP contribution in [0, 0.1) is 46.3 Å².